The molecule has 0 unspecified atom stereocenters. The molecule has 0 bridgehead atoms. The Balaban J connectivity index is 2.69. The van der Waals surface area contributed by atoms with Crippen molar-refractivity contribution >= 4 is 13.1 Å². The third-order valence-electron chi connectivity index (χ3n) is 4.10. The summed E-state index contributed by atoms with van der Waals surface area (Å²) in [6.07, 6.45) is 2.97. The summed E-state index contributed by atoms with van der Waals surface area (Å²) in [7, 11) is 2.50. The van der Waals surface area contributed by atoms with Crippen molar-refractivity contribution in [1.82, 2.24) is 4.90 Å². The number of nitrogens with zero attached hydrogens (tertiary/aromatic N) is 1. The van der Waals surface area contributed by atoms with Gasteiger partial charge in [-0.3, -0.25) is 4.79 Å². The summed E-state index contributed by atoms with van der Waals surface area (Å²) in [5, 5.41) is 27.2. The third-order valence-corrected chi connectivity index (χ3v) is 4.10. The number of aliphatic carboxylic acids is 1. The zero-order chi connectivity index (χ0) is 14.6. The van der Waals surface area contributed by atoms with Gasteiger partial charge in [-0.05, 0) is 45.6 Å². The molecule has 1 fully saturated rings. The molecule has 1 saturated carbocycles. The first kappa shape index (κ1) is 16.4. The SMILES string of the molecule is CN(C)C[C@@H]1CC[C@@H](CCB(O)O)C[C@@]1(N)C(=O)O. The molecule has 110 valence electrons. The van der Waals surface area contributed by atoms with Gasteiger partial charge >= 0.3 is 13.1 Å². The second kappa shape index (κ2) is 6.70. The third kappa shape index (κ3) is 4.45. The van der Waals surface area contributed by atoms with Gasteiger partial charge in [-0.15, -0.1) is 0 Å². The molecule has 19 heavy (non-hydrogen) atoms. The molecule has 0 aromatic rings. The van der Waals surface area contributed by atoms with E-state index in [4.69, 9.17) is 15.8 Å². The lowest BCUT2D eigenvalue weighted by molar-refractivity contribution is -0.148. The molecule has 6 nitrogen and oxygen atoms in total. The van der Waals surface area contributed by atoms with Crippen LogP contribution in [0.3, 0.4) is 0 Å². The lowest BCUT2D eigenvalue weighted by atomic mass is 9.66. The highest BCUT2D eigenvalue weighted by Crippen LogP contribution is 2.38. The molecule has 0 aliphatic heterocycles. The number of carboxylic acids is 1. The van der Waals surface area contributed by atoms with Crippen molar-refractivity contribution in [1.29, 1.82) is 0 Å². The molecule has 3 atom stereocenters. The summed E-state index contributed by atoms with van der Waals surface area (Å²) >= 11 is 0. The summed E-state index contributed by atoms with van der Waals surface area (Å²) in [6, 6.07) is 0. The van der Waals surface area contributed by atoms with E-state index in [-0.39, 0.29) is 18.2 Å². The fraction of sp³-hybridized carbons (Fsp3) is 0.917. The number of hydrogen-bond acceptors (Lipinski definition) is 5. The van der Waals surface area contributed by atoms with Gasteiger partial charge in [0.05, 0.1) is 0 Å². The van der Waals surface area contributed by atoms with Crippen LogP contribution in [-0.2, 0) is 4.79 Å². The highest BCUT2D eigenvalue weighted by atomic mass is 16.4. The molecule has 0 heterocycles. The Hall–Kier alpha value is -0.625. The van der Waals surface area contributed by atoms with Crippen LogP contribution in [0.2, 0.25) is 6.32 Å². The highest BCUT2D eigenvalue weighted by molar-refractivity contribution is 6.40. The molecule has 1 aliphatic rings. The highest BCUT2D eigenvalue weighted by Gasteiger charge is 2.46. The van der Waals surface area contributed by atoms with Crippen molar-refractivity contribution in [3.05, 3.63) is 0 Å². The van der Waals surface area contributed by atoms with E-state index < -0.39 is 18.6 Å². The molecule has 0 spiro atoms. The van der Waals surface area contributed by atoms with Crippen LogP contribution in [-0.4, -0.2) is 59.3 Å². The Labute approximate surface area is 114 Å². The predicted molar refractivity (Wildman–Crippen MR) is 73.6 cm³/mol. The molecule has 0 radical (unpaired) electrons. The van der Waals surface area contributed by atoms with Crippen LogP contribution in [0.5, 0.6) is 0 Å². The second-order valence-corrected chi connectivity index (χ2v) is 6.01. The van der Waals surface area contributed by atoms with E-state index in [9.17, 15) is 9.90 Å². The largest absolute Gasteiger partial charge is 0.480 e. The topological polar surface area (TPSA) is 107 Å². The van der Waals surface area contributed by atoms with Gasteiger partial charge in [-0.25, -0.2) is 0 Å². The van der Waals surface area contributed by atoms with Crippen molar-refractivity contribution in [3.63, 3.8) is 0 Å². The molecule has 0 aromatic heterocycles. The zero-order valence-corrected chi connectivity index (χ0v) is 11.7. The van der Waals surface area contributed by atoms with E-state index in [2.05, 4.69) is 0 Å². The standard InChI is InChI=1S/C12H25BN2O4/c1-15(2)8-10-4-3-9(5-6-13(18)19)7-12(10,14)11(16)17/h9-10,18-19H,3-8,14H2,1-2H3,(H,16,17)/t9-,10-,12-/m0/s1. The fourth-order valence-electron chi connectivity index (χ4n) is 3.03. The monoisotopic (exact) mass is 272 g/mol. The Kier molecular flexibility index (Phi) is 5.79. The lowest BCUT2D eigenvalue weighted by Crippen LogP contribution is -2.59. The number of nitrogens with two attached hydrogens (primary N) is 1. The summed E-state index contributed by atoms with van der Waals surface area (Å²) in [4.78, 5) is 13.5. The lowest BCUT2D eigenvalue weighted by Gasteiger charge is -2.42. The first-order valence-corrected chi connectivity index (χ1v) is 6.79. The van der Waals surface area contributed by atoms with Crippen molar-refractivity contribution in [3.8, 4) is 0 Å². The van der Waals surface area contributed by atoms with E-state index in [1.807, 2.05) is 19.0 Å². The summed E-state index contributed by atoms with van der Waals surface area (Å²) in [6.45, 7) is 0.665. The Morgan fingerprint density at radius 3 is 2.53 bits per heavy atom. The normalized spacial score (nSPS) is 31.5. The Bertz CT molecular complexity index is 314. The van der Waals surface area contributed by atoms with E-state index in [0.717, 1.165) is 12.8 Å². The van der Waals surface area contributed by atoms with Gasteiger partial charge in [0, 0.05) is 12.5 Å². The predicted octanol–water partition coefficient (Wildman–Crippen LogP) is -0.391. The van der Waals surface area contributed by atoms with Crippen LogP contribution in [0.1, 0.15) is 25.7 Å². The zero-order valence-electron chi connectivity index (χ0n) is 11.7. The quantitative estimate of drug-likeness (QED) is 0.490. The van der Waals surface area contributed by atoms with E-state index in [1.54, 1.807) is 0 Å². The molecular formula is C12H25BN2O4. The average Bonchev–Trinajstić information content (AvgIpc) is 2.29. The number of rotatable bonds is 6. The molecule has 0 amide bonds. The summed E-state index contributed by atoms with van der Waals surface area (Å²) in [5.74, 6) is -0.856. The minimum absolute atomic E-state index is 0.0599. The molecule has 0 saturated heterocycles. The van der Waals surface area contributed by atoms with E-state index in [1.165, 1.54) is 0 Å². The Morgan fingerprint density at radius 1 is 1.42 bits per heavy atom. The van der Waals surface area contributed by atoms with Gasteiger partial charge in [0.2, 0.25) is 0 Å². The van der Waals surface area contributed by atoms with Gasteiger partial charge in [0.25, 0.3) is 0 Å². The maximum absolute atomic E-state index is 11.5. The van der Waals surface area contributed by atoms with Gasteiger partial charge in [0.15, 0.2) is 0 Å². The van der Waals surface area contributed by atoms with Crippen molar-refractivity contribution in [2.45, 2.75) is 37.5 Å². The first-order chi connectivity index (χ1) is 8.75. The minimum atomic E-state index is -1.32. The smallest absolute Gasteiger partial charge is 0.451 e. The maximum Gasteiger partial charge on any atom is 0.451 e. The van der Waals surface area contributed by atoms with Crippen LogP contribution < -0.4 is 5.73 Å². The van der Waals surface area contributed by atoms with Crippen molar-refractivity contribution in [2.75, 3.05) is 20.6 Å². The number of carboxylic acid groups (broad SMARTS) is 1. The van der Waals surface area contributed by atoms with Crippen LogP contribution in [0, 0.1) is 11.8 Å². The molecule has 1 rings (SSSR count). The summed E-state index contributed by atoms with van der Waals surface area (Å²) < 4.78 is 0. The van der Waals surface area contributed by atoms with Crippen LogP contribution in [0.25, 0.3) is 0 Å². The van der Waals surface area contributed by atoms with Gasteiger partial charge in [0.1, 0.15) is 5.54 Å². The first-order valence-electron chi connectivity index (χ1n) is 6.79. The number of hydrogen-bond donors (Lipinski definition) is 4. The second-order valence-electron chi connectivity index (χ2n) is 6.01. The van der Waals surface area contributed by atoms with E-state index in [0.29, 0.717) is 19.4 Å². The van der Waals surface area contributed by atoms with Crippen molar-refractivity contribution < 1.29 is 19.9 Å². The molecule has 0 aromatic carbocycles. The maximum atomic E-state index is 11.5. The molecular weight excluding hydrogens is 247 g/mol. The molecule has 7 heteroatoms. The van der Waals surface area contributed by atoms with Gasteiger partial charge in [-0.2, -0.15) is 0 Å². The van der Waals surface area contributed by atoms with Crippen LogP contribution in [0.4, 0.5) is 0 Å². The molecule has 1 aliphatic carbocycles. The fourth-order valence-corrected chi connectivity index (χ4v) is 3.03. The molecule has 5 N–H and O–H groups in total. The summed E-state index contributed by atoms with van der Waals surface area (Å²) in [5.41, 5.74) is 4.94. The van der Waals surface area contributed by atoms with E-state index >= 15 is 0 Å². The van der Waals surface area contributed by atoms with Gasteiger partial charge < -0.3 is 25.8 Å². The van der Waals surface area contributed by atoms with Crippen molar-refractivity contribution in [2.24, 2.45) is 17.6 Å². The van der Waals surface area contributed by atoms with Crippen LogP contribution >= 0.6 is 0 Å². The van der Waals surface area contributed by atoms with Gasteiger partial charge in [-0.1, -0.05) is 6.42 Å². The minimum Gasteiger partial charge on any atom is -0.480 e. The Morgan fingerprint density at radius 2 is 2.05 bits per heavy atom. The number of carbonyl (C=O) groups is 1. The van der Waals surface area contributed by atoms with Crippen LogP contribution in [0.15, 0.2) is 0 Å². The average molecular weight is 272 g/mol.